The molecule has 8 heteroatoms. The monoisotopic (exact) mass is 420 g/mol. The largest absolute Gasteiger partial charge is 0.490 e. The molecule has 0 spiro atoms. The number of hydrogen-bond donors (Lipinski definition) is 1. The molecule has 0 unspecified atom stereocenters. The van der Waals surface area contributed by atoms with Crippen molar-refractivity contribution in [1.82, 2.24) is 0 Å². The van der Waals surface area contributed by atoms with Crippen molar-refractivity contribution in [2.45, 2.75) is 32.9 Å². The van der Waals surface area contributed by atoms with Gasteiger partial charge in [-0.2, -0.15) is 0 Å². The van der Waals surface area contributed by atoms with Crippen LogP contribution < -0.4 is 14.4 Å². The number of nitrogens with one attached hydrogen (secondary N) is 1. The van der Waals surface area contributed by atoms with Crippen LogP contribution in [0.4, 0.5) is 15.8 Å². The van der Waals surface area contributed by atoms with Gasteiger partial charge in [0.05, 0.1) is 22.5 Å². The number of carbonyl (C=O) groups is 1. The van der Waals surface area contributed by atoms with Crippen molar-refractivity contribution in [3.63, 3.8) is 0 Å². The van der Waals surface area contributed by atoms with E-state index >= 15 is 0 Å². The number of halogens is 1. The zero-order valence-corrected chi connectivity index (χ0v) is 17.6. The second-order valence-corrected chi connectivity index (χ2v) is 9.53. The molecule has 3 rings (SSSR count). The van der Waals surface area contributed by atoms with Gasteiger partial charge in [0.25, 0.3) is 0 Å². The third-order valence-electron chi connectivity index (χ3n) is 4.63. The molecule has 1 aliphatic rings. The van der Waals surface area contributed by atoms with E-state index in [1.165, 1.54) is 18.2 Å². The SMILES string of the molecule is CCCN1C(=O)C(C)(C)COc2ccc(NS(=O)(=O)Cc3cccc(F)c3)cc21. The molecule has 1 heterocycles. The van der Waals surface area contributed by atoms with Crippen molar-refractivity contribution < 1.29 is 22.3 Å². The molecule has 0 saturated carbocycles. The molecule has 0 atom stereocenters. The fraction of sp³-hybridized carbons (Fsp3) is 0.381. The molecule has 29 heavy (non-hydrogen) atoms. The second-order valence-electron chi connectivity index (χ2n) is 7.80. The summed E-state index contributed by atoms with van der Waals surface area (Å²) in [6.45, 7) is 6.36. The molecule has 0 saturated heterocycles. The summed E-state index contributed by atoms with van der Waals surface area (Å²) >= 11 is 0. The molecule has 0 radical (unpaired) electrons. The predicted molar refractivity (Wildman–Crippen MR) is 111 cm³/mol. The number of nitrogens with zero attached hydrogens (tertiary/aromatic N) is 1. The third kappa shape index (κ3) is 4.87. The fourth-order valence-corrected chi connectivity index (χ4v) is 4.39. The van der Waals surface area contributed by atoms with Gasteiger partial charge in [0, 0.05) is 6.54 Å². The van der Waals surface area contributed by atoms with Crippen molar-refractivity contribution in [1.29, 1.82) is 0 Å². The highest BCUT2D eigenvalue weighted by atomic mass is 32.2. The molecular weight excluding hydrogens is 395 g/mol. The van der Waals surface area contributed by atoms with Crippen LogP contribution in [0.2, 0.25) is 0 Å². The Morgan fingerprint density at radius 3 is 2.66 bits per heavy atom. The van der Waals surface area contributed by atoms with Crippen molar-refractivity contribution in [3.05, 3.63) is 53.8 Å². The number of anilines is 2. The Labute approximate surface area is 170 Å². The first-order valence-electron chi connectivity index (χ1n) is 9.45. The number of fused-ring (bicyclic) bond motifs is 1. The van der Waals surface area contributed by atoms with Crippen LogP contribution in [0.5, 0.6) is 5.75 Å². The standard InChI is InChI=1S/C21H25FN2O4S/c1-4-10-24-18-12-17(8-9-19(18)28-14-21(2,3)20(24)25)23-29(26,27)13-15-6-5-7-16(22)11-15/h5-9,11-12,23H,4,10,13-14H2,1-3H3. The van der Waals surface area contributed by atoms with Crippen LogP contribution in [0, 0.1) is 11.2 Å². The topological polar surface area (TPSA) is 75.7 Å². The fourth-order valence-electron chi connectivity index (χ4n) is 3.22. The number of rotatable bonds is 6. The first kappa shape index (κ1) is 21.1. The van der Waals surface area contributed by atoms with Crippen molar-refractivity contribution >= 4 is 27.3 Å². The molecular formula is C21H25FN2O4S. The van der Waals surface area contributed by atoms with E-state index in [9.17, 15) is 17.6 Å². The van der Waals surface area contributed by atoms with E-state index in [4.69, 9.17) is 4.74 Å². The maximum atomic E-state index is 13.3. The average molecular weight is 421 g/mol. The lowest BCUT2D eigenvalue weighted by Crippen LogP contribution is -2.42. The van der Waals surface area contributed by atoms with Crippen LogP contribution in [0.1, 0.15) is 32.8 Å². The van der Waals surface area contributed by atoms with Crippen molar-refractivity contribution in [3.8, 4) is 5.75 Å². The van der Waals surface area contributed by atoms with Crippen LogP contribution in [-0.4, -0.2) is 27.5 Å². The summed E-state index contributed by atoms with van der Waals surface area (Å²) in [6.07, 6.45) is 0.747. The number of ether oxygens (including phenoxy) is 1. The highest BCUT2D eigenvalue weighted by Gasteiger charge is 2.37. The molecule has 2 aromatic rings. The van der Waals surface area contributed by atoms with Gasteiger partial charge < -0.3 is 9.64 Å². The number of sulfonamides is 1. The lowest BCUT2D eigenvalue weighted by atomic mass is 9.93. The quantitative estimate of drug-likeness (QED) is 0.768. The summed E-state index contributed by atoms with van der Waals surface area (Å²) in [4.78, 5) is 14.6. The van der Waals surface area contributed by atoms with E-state index in [-0.39, 0.29) is 18.3 Å². The van der Waals surface area contributed by atoms with E-state index < -0.39 is 21.3 Å². The molecule has 0 bridgehead atoms. The van der Waals surface area contributed by atoms with E-state index in [1.54, 1.807) is 29.2 Å². The normalized spacial score (nSPS) is 16.0. The van der Waals surface area contributed by atoms with Gasteiger partial charge in [-0.1, -0.05) is 19.1 Å². The number of amides is 1. The zero-order chi connectivity index (χ0) is 21.2. The minimum Gasteiger partial charge on any atom is -0.490 e. The number of hydrogen-bond acceptors (Lipinski definition) is 4. The maximum Gasteiger partial charge on any atom is 0.236 e. The molecule has 0 aromatic heterocycles. The van der Waals surface area contributed by atoms with Gasteiger partial charge in [0.15, 0.2) is 0 Å². The van der Waals surface area contributed by atoms with Crippen LogP contribution in [0.25, 0.3) is 0 Å². The van der Waals surface area contributed by atoms with Gasteiger partial charge in [-0.25, -0.2) is 12.8 Å². The first-order chi connectivity index (χ1) is 13.6. The van der Waals surface area contributed by atoms with Gasteiger partial charge in [0.2, 0.25) is 15.9 Å². The van der Waals surface area contributed by atoms with Gasteiger partial charge in [-0.05, 0) is 56.2 Å². The smallest absolute Gasteiger partial charge is 0.236 e. The molecule has 2 aromatic carbocycles. The summed E-state index contributed by atoms with van der Waals surface area (Å²) in [6, 6.07) is 10.3. The summed E-state index contributed by atoms with van der Waals surface area (Å²) in [5.74, 6) is -0.386. The minimum atomic E-state index is -3.77. The Balaban J connectivity index is 1.89. The summed E-state index contributed by atoms with van der Waals surface area (Å²) in [5, 5.41) is 0. The lowest BCUT2D eigenvalue weighted by Gasteiger charge is -2.28. The van der Waals surface area contributed by atoms with Gasteiger partial charge in [0.1, 0.15) is 18.2 Å². The molecule has 156 valence electrons. The number of benzene rings is 2. The highest BCUT2D eigenvalue weighted by molar-refractivity contribution is 7.91. The predicted octanol–water partition coefficient (Wildman–Crippen LogP) is 3.93. The van der Waals surface area contributed by atoms with Crippen molar-refractivity contribution in [2.75, 3.05) is 22.8 Å². The first-order valence-corrected chi connectivity index (χ1v) is 11.1. The Morgan fingerprint density at radius 1 is 1.21 bits per heavy atom. The maximum absolute atomic E-state index is 13.3. The second kappa shape index (κ2) is 8.02. The third-order valence-corrected chi connectivity index (χ3v) is 5.89. The molecule has 0 fully saturated rings. The Kier molecular flexibility index (Phi) is 5.84. The van der Waals surface area contributed by atoms with Crippen molar-refractivity contribution in [2.24, 2.45) is 5.41 Å². The Morgan fingerprint density at radius 2 is 1.97 bits per heavy atom. The molecule has 0 aliphatic carbocycles. The molecule has 1 aliphatic heterocycles. The van der Waals surface area contributed by atoms with Crippen LogP contribution in [0.3, 0.4) is 0 Å². The Hall–Kier alpha value is -2.61. The Bertz CT molecular complexity index is 1020. The van der Waals surface area contributed by atoms with Crippen LogP contribution in [-0.2, 0) is 20.6 Å². The van der Waals surface area contributed by atoms with Gasteiger partial charge in [-0.3, -0.25) is 9.52 Å². The highest BCUT2D eigenvalue weighted by Crippen LogP contribution is 2.38. The lowest BCUT2D eigenvalue weighted by molar-refractivity contribution is -0.127. The minimum absolute atomic E-state index is 0.0714. The van der Waals surface area contributed by atoms with Gasteiger partial charge >= 0.3 is 0 Å². The van der Waals surface area contributed by atoms with Crippen LogP contribution in [0.15, 0.2) is 42.5 Å². The van der Waals surface area contributed by atoms with Gasteiger partial charge in [-0.15, -0.1) is 0 Å². The summed E-state index contributed by atoms with van der Waals surface area (Å²) < 4.78 is 46.8. The molecule has 1 amide bonds. The summed E-state index contributed by atoms with van der Waals surface area (Å²) in [7, 11) is -3.77. The van der Waals surface area contributed by atoms with E-state index in [1.807, 2.05) is 20.8 Å². The van der Waals surface area contributed by atoms with E-state index in [0.717, 1.165) is 6.42 Å². The number of carbonyl (C=O) groups excluding carboxylic acids is 1. The average Bonchev–Trinajstić information content (AvgIpc) is 2.71. The molecule has 1 N–H and O–H groups in total. The van der Waals surface area contributed by atoms with E-state index in [0.29, 0.717) is 29.2 Å². The van der Waals surface area contributed by atoms with Crippen LogP contribution >= 0.6 is 0 Å². The summed E-state index contributed by atoms with van der Waals surface area (Å²) in [5.41, 5.74) is 0.511. The zero-order valence-electron chi connectivity index (χ0n) is 16.7. The molecule has 6 nitrogen and oxygen atoms in total. The van der Waals surface area contributed by atoms with E-state index in [2.05, 4.69) is 4.72 Å².